The summed E-state index contributed by atoms with van der Waals surface area (Å²) < 4.78 is 29.5. The van der Waals surface area contributed by atoms with Gasteiger partial charge in [-0.15, -0.1) is 0 Å². The lowest BCUT2D eigenvalue weighted by molar-refractivity contribution is 0.482. The van der Waals surface area contributed by atoms with Crippen LogP contribution in [0.25, 0.3) is 0 Å². The second-order valence-corrected chi connectivity index (χ2v) is 9.01. The lowest BCUT2D eigenvalue weighted by Gasteiger charge is -2.03. The molecule has 0 aromatic heterocycles. The summed E-state index contributed by atoms with van der Waals surface area (Å²) in [5.41, 5.74) is 1.63. The van der Waals surface area contributed by atoms with E-state index in [9.17, 15) is 8.78 Å². The second-order valence-electron chi connectivity index (χ2n) is 4.07. The molecule has 0 amide bonds. The maximum Gasteiger partial charge on any atom is 0.152 e. The fourth-order valence-electron chi connectivity index (χ4n) is 1.38. The summed E-state index contributed by atoms with van der Waals surface area (Å²) in [6, 6.07) is 5.39. The molecule has 0 radical (unpaired) electrons. The topological polar surface area (TPSA) is 0 Å². The van der Waals surface area contributed by atoms with Crippen LogP contribution in [-0.4, -0.2) is 0 Å². The molecule has 0 atom stereocenters. The summed E-state index contributed by atoms with van der Waals surface area (Å²) in [7, 11) is 0. The van der Waals surface area contributed by atoms with Gasteiger partial charge in [-0.05, 0) is 110 Å². The Morgan fingerprint density at radius 3 is 1.86 bits per heavy atom. The van der Waals surface area contributed by atoms with Crippen LogP contribution in [0.3, 0.4) is 0 Å². The highest BCUT2D eigenvalue weighted by Gasteiger charge is 2.10. The van der Waals surface area contributed by atoms with E-state index in [-0.39, 0.29) is 5.82 Å². The largest absolute Gasteiger partial charge is 0.246 e. The first-order valence-corrected chi connectivity index (χ1v) is 10.4. The molecule has 0 saturated heterocycles. The van der Waals surface area contributed by atoms with Gasteiger partial charge in [0.05, 0.1) is 8.95 Å². The Balaban J connectivity index is 0.000000220. The van der Waals surface area contributed by atoms with Crippen LogP contribution in [0.15, 0.2) is 45.0 Å². The molecule has 120 valence electrons. The van der Waals surface area contributed by atoms with Gasteiger partial charge in [0.1, 0.15) is 6.67 Å². The third kappa shape index (κ3) is 5.34. The zero-order valence-electron chi connectivity index (χ0n) is 11.0. The minimum atomic E-state index is -0.472. The van der Waals surface area contributed by atoms with Crippen LogP contribution in [0.1, 0.15) is 11.1 Å². The van der Waals surface area contributed by atoms with E-state index in [1.54, 1.807) is 6.07 Å². The first-order chi connectivity index (χ1) is 10.2. The van der Waals surface area contributed by atoms with E-state index >= 15 is 0 Å². The molecule has 0 aliphatic heterocycles. The average molecular weight is 694 g/mol. The highest BCUT2D eigenvalue weighted by atomic mass is 79.9. The van der Waals surface area contributed by atoms with Crippen molar-refractivity contribution in [3.8, 4) is 0 Å². The number of hydrogen-bond acceptors (Lipinski definition) is 0. The van der Waals surface area contributed by atoms with Gasteiger partial charge in [0.25, 0.3) is 0 Å². The van der Waals surface area contributed by atoms with E-state index in [1.807, 2.05) is 19.1 Å². The lowest BCUT2D eigenvalue weighted by atomic mass is 10.2. The molecule has 0 unspecified atom stereocenters. The third-order valence-electron chi connectivity index (χ3n) is 2.56. The summed E-state index contributed by atoms with van der Waals surface area (Å²) in [5, 5.41) is 0. The van der Waals surface area contributed by atoms with Crippen LogP contribution in [0.2, 0.25) is 0 Å². The highest BCUT2D eigenvalue weighted by molar-refractivity contribution is 9.13. The van der Waals surface area contributed by atoms with Crippen molar-refractivity contribution in [3.63, 3.8) is 0 Å². The fraction of sp³-hybridized carbons (Fsp3) is 0.143. The van der Waals surface area contributed by atoms with Gasteiger partial charge in [-0.3, -0.25) is 0 Å². The molecule has 2 aromatic carbocycles. The van der Waals surface area contributed by atoms with Crippen LogP contribution in [0, 0.1) is 12.7 Å². The Bertz CT molecular complexity index is 662. The Hall–Kier alpha value is 1.18. The predicted molar refractivity (Wildman–Crippen MR) is 109 cm³/mol. The van der Waals surface area contributed by atoms with E-state index in [2.05, 4.69) is 95.6 Å². The Kier molecular flexibility index (Phi) is 9.27. The molecule has 0 spiro atoms. The van der Waals surface area contributed by atoms with Crippen LogP contribution in [-0.2, 0) is 6.67 Å². The summed E-state index contributed by atoms with van der Waals surface area (Å²) >= 11 is 19.3. The molecule has 2 rings (SSSR count). The first kappa shape index (κ1) is 21.2. The van der Waals surface area contributed by atoms with Crippen molar-refractivity contribution in [1.82, 2.24) is 0 Å². The molecule has 0 heterocycles. The molecular weight excluding hydrogens is 686 g/mol. The fourth-order valence-corrected chi connectivity index (χ4v) is 4.53. The standard InChI is InChI=1S/2C7H4Br3F/c1-3-2-4(8)7(11)6(10)5(3)9;8-5-1-2-6(9)7(10)4(5)3-11/h2H,1H3;1-2H,3H2. The molecule has 0 bridgehead atoms. The van der Waals surface area contributed by atoms with Crippen molar-refractivity contribution in [3.05, 3.63) is 62.0 Å². The Labute approximate surface area is 178 Å². The van der Waals surface area contributed by atoms with Crippen molar-refractivity contribution < 1.29 is 8.78 Å². The second kappa shape index (κ2) is 9.61. The number of alkyl halides is 1. The molecule has 0 N–H and O–H groups in total. The minimum absolute atomic E-state index is 0.275. The van der Waals surface area contributed by atoms with Gasteiger partial charge < -0.3 is 0 Å². The maximum absolute atomic E-state index is 13.0. The van der Waals surface area contributed by atoms with E-state index in [4.69, 9.17) is 0 Å². The first-order valence-electron chi connectivity index (χ1n) is 5.68. The Morgan fingerprint density at radius 2 is 1.36 bits per heavy atom. The van der Waals surface area contributed by atoms with Crippen LogP contribution < -0.4 is 0 Å². The van der Waals surface area contributed by atoms with Crippen molar-refractivity contribution in [2.75, 3.05) is 0 Å². The molecule has 0 aliphatic rings. The van der Waals surface area contributed by atoms with Crippen molar-refractivity contribution in [2.24, 2.45) is 0 Å². The average Bonchev–Trinajstić information content (AvgIpc) is 2.48. The predicted octanol–water partition coefficient (Wildman–Crippen LogP) is 8.87. The number of hydrogen-bond donors (Lipinski definition) is 0. The van der Waals surface area contributed by atoms with E-state index < -0.39 is 6.67 Å². The molecular formula is C14H8Br6F2. The number of halogens is 8. The van der Waals surface area contributed by atoms with Gasteiger partial charge in [-0.1, -0.05) is 15.9 Å². The van der Waals surface area contributed by atoms with Gasteiger partial charge in [-0.25, -0.2) is 8.78 Å². The third-order valence-corrected chi connectivity index (χ3v) is 8.27. The summed E-state index contributed by atoms with van der Waals surface area (Å²) in [5.74, 6) is -0.275. The molecule has 8 heteroatoms. The number of rotatable bonds is 1. The zero-order chi connectivity index (χ0) is 17.0. The van der Waals surface area contributed by atoms with Crippen LogP contribution in [0.4, 0.5) is 8.78 Å². The van der Waals surface area contributed by atoms with Crippen molar-refractivity contribution in [2.45, 2.75) is 13.6 Å². The summed E-state index contributed by atoms with van der Waals surface area (Å²) in [6.45, 7) is 1.43. The quantitative estimate of drug-likeness (QED) is 0.207. The van der Waals surface area contributed by atoms with Crippen molar-refractivity contribution in [1.29, 1.82) is 0 Å². The molecule has 22 heavy (non-hydrogen) atoms. The van der Waals surface area contributed by atoms with Crippen molar-refractivity contribution >= 4 is 95.6 Å². The smallest absolute Gasteiger partial charge is 0.152 e. The van der Waals surface area contributed by atoms with E-state index in [0.717, 1.165) is 23.5 Å². The van der Waals surface area contributed by atoms with E-state index in [1.165, 1.54) is 0 Å². The van der Waals surface area contributed by atoms with E-state index in [0.29, 0.717) is 14.5 Å². The Morgan fingerprint density at radius 1 is 0.818 bits per heavy atom. The molecule has 0 fully saturated rings. The normalized spacial score (nSPS) is 10.2. The zero-order valence-corrected chi connectivity index (χ0v) is 20.5. The highest BCUT2D eigenvalue weighted by Crippen LogP contribution is 2.34. The van der Waals surface area contributed by atoms with Gasteiger partial charge in [0.15, 0.2) is 5.82 Å². The van der Waals surface area contributed by atoms with Gasteiger partial charge in [0, 0.05) is 23.5 Å². The van der Waals surface area contributed by atoms with Crippen LogP contribution in [0.5, 0.6) is 0 Å². The number of benzene rings is 2. The maximum atomic E-state index is 13.0. The molecule has 0 nitrogen and oxygen atoms in total. The van der Waals surface area contributed by atoms with Gasteiger partial charge in [0.2, 0.25) is 0 Å². The molecule has 2 aromatic rings. The SMILES string of the molecule is Cc1cc(Br)c(F)c(Br)c1Br.FCc1c(Br)ccc(Br)c1Br. The summed E-state index contributed by atoms with van der Waals surface area (Å²) in [4.78, 5) is 0. The van der Waals surface area contributed by atoms with Crippen LogP contribution >= 0.6 is 95.6 Å². The minimum Gasteiger partial charge on any atom is -0.246 e. The van der Waals surface area contributed by atoms with Gasteiger partial charge >= 0.3 is 0 Å². The lowest BCUT2D eigenvalue weighted by Crippen LogP contribution is -1.85. The monoisotopic (exact) mass is 688 g/mol. The van der Waals surface area contributed by atoms with Gasteiger partial charge in [-0.2, -0.15) is 0 Å². The number of aryl methyl sites for hydroxylation is 1. The molecule has 0 aliphatic carbocycles. The molecule has 0 saturated carbocycles. The summed E-state index contributed by atoms with van der Waals surface area (Å²) in [6.07, 6.45) is 0.